The summed E-state index contributed by atoms with van der Waals surface area (Å²) in [5.74, 6) is 1.95. The minimum Gasteiger partial charge on any atom is -0.494 e. The fourth-order valence-corrected chi connectivity index (χ4v) is 2.53. The zero-order valence-corrected chi connectivity index (χ0v) is 12.2. The molecule has 100 valence electrons. The van der Waals surface area contributed by atoms with Crippen LogP contribution in [0.25, 0.3) is 0 Å². The van der Waals surface area contributed by atoms with Crippen LogP contribution in [0.5, 0.6) is 5.75 Å². The second kappa shape index (κ2) is 8.08. The Morgan fingerprint density at radius 3 is 2.63 bits per heavy atom. The third-order valence-corrected chi connectivity index (χ3v) is 3.79. The Bertz CT molecular complexity index is 475. The molecule has 2 nitrogen and oxygen atoms in total. The van der Waals surface area contributed by atoms with E-state index < -0.39 is 0 Å². The van der Waals surface area contributed by atoms with Gasteiger partial charge in [0.15, 0.2) is 0 Å². The maximum Gasteiger partial charge on any atom is 0.119 e. The van der Waals surface area contributed by atoms with Crippen molar-refractivity contribution in [1.29, 1.82) is 0 Å². The molecule has 0 atom stereocenters. The van der Waals surface area contributed by atoms with Gasteiger partial charge in [0, 0.05) is 11.2 Å². The molecule has 0 N–H and O–H groups in total. The van der Waals surface area contributed by atoms with E-state index >= 15 is 0 Å². The zero-order chi connectivity index (χ0) is 13.3. The fourth-order valence-electron chi connectivity index (χ4n) is 1.53. The van der Waals surface area contributed by atoms with Crippen LogP contribution in [0.2, 0.25) is 5.02 Å². The van der Waals surface area contributed by atoms with E-state index in [0.29, 0.717) is 0 Å². The van der Waals surface area contributed by atoms with Crippen LogP contribution in [-0.4, -0.2) is 17.3 Å². The summed E-state index contributed by atoms with van der Waals surface area (Å²) in [4.78, 5) is 4.27. The Labute approximate surface area is 123 Å². The Morgan fingerprint density at radius 2 is 1.89 bits per heavy atom. The molecule has 0 fully saturated rings. The molecule has 2 rings (SSSR count). The van der Waals surface area contributed by atoms with Crippen molar-refractivity contribution >= 4 is 23.4 Å². The number of benzene rings is 1. The number of ether oxygens (including phenoxy) is 1. The highest BCUT2D eigenvalue weighted by molar-refractivity contribution is 7.99. The van der Waals surface area contributed by atoms with Gasteiger partial charge in [0.1, 0.15) is 5.75 Å². The van der Waals surface area contributed by atoms with Crippen LogP contribution in [0.3, 0.4) is 0 Å². The smallest absolute Gasteiger partial charge is 0.119 e. The molecule has 1 heterocycles. The van der Waals surface area contributed by atoms with Crippen LogP contribution in [0.15, 0.2) is 53.7 Å². The third kappa shape index (κ3) is 5.53. The van der Waals surface area contributed by atoms with Crippen molar-refractivity contribution in [3.8, 4) is 5.75 Å². The number of hydrogen-bond donors (Lipinski definition) is 0. The zero-order valence-electron chi connectivity index (χ0n) is 10.6. The van der Waals surface area contributed by atoms with E-state index in [1.165, 1.54) is 0 Å². The highest BCUT2D eigenvalue weighted by Gasteiger charge is 1.96. The Balaban J connectivity index is 1.56. The van der Waals surface area contributed by atoms with Gasteiger partial charge in [0.25, 0.3) is 0 Å². The normalized spacial score (nSPS) is 10.4. The van der Waals surface area contributed by atoms with Gasteiger partial charge in [-0.1, -0.05) is 17.7 Å². The second-order valence-electron chi connectivity index (χ2n) is 4.03. The Hall–Kier alpha value is -1.19. The van der Waals surface area contributed by atoms with Crippen LogP contribution in [0.1, 0.15) is 12.8 Å². The molecule has 0 bridgehead atoms. The largest absolute Gasteiger partial charge is 0.494 e. The standard InChI is InChI=1S/C15H16ClNOS/c16-13-6-8-14(9-7-13)18-11-3-4-12-19-15-5-1-2-10-17-15/h1-2,5-10H,3-4,11-12H2. The highest BCUT2D eigenvalue weighted by atomic mass is 35.5. The number of halogens is 1. The molecule has 0 aliphatic carbocycles. The predicted molar refractivity (Wildman–Crippen MR) is 81.1 cm³/mol. The average Bonchev–Trinajstić information content (AvgIpc) is 2.46. The van der Waals surface area contributed by atoms with Gasteiger partial charge in [-0.15, -0.1) is 11.8 Å². The van der Waals surface area contributed by atoms with Gasteiger partial charge >= 0.3 is 0 Å². The van der Waals surface area contributed by atoms with E-state index in [1.54, 1.807) is 11.8 Å². The fraction of sp³-hybridized carbons (Fsp3) is 0.267. The first kappa shape index (κ1) is 14.2. The van der Waals surface area contributed by atoms with Gasteiger partial charge < -0.3 is 4.74 Å². The van der Waals surface area contributed by atoms with Gasteiger partial charge in [-0.25, -0.2) is 4.98 Å². The lowest BCUT2D eigenvalue weighted by Gasteiger charge is -2.05. The van der Waals surface area contributed by atoms with Crippen molar-refractivity contribution in [3.63, 3.8) is 0 Å². The topological polar surface area (TPSA) is 22.1 Å². The van der Waals surface area contributed by atoms with Crippen molar-refractivity contribution in [2.45, 2.75) is 17.9 Å². The summed E-state index contributed by atoms with van der Waals surface area (Å²) in [7, 11) is 0. The number of thioether (sulfide) groups is 1. The summed E-state index contributed by atoms with van der Waals surface area (Å²) in [6.07, 6.45) is 3.99. The van der Waals surface area contributed by atoms with Crippen LogP contribution in [0.4, 0.5) is 0 Å². The first-order valence-corrected chi connectivity index (χ1v) is 7.63. The van der Waals surface area contributed by atoms with Crippen molar-refractivity contribution in [3.05, 3.63) is 53.7 Å². The molecule has 0 spiro atoms. The number of rotatable bonds is 7. The molecule has 0 saturated heterocycles. The maximum atomic E-state index is 5.81. The molecular formula is C15H16ClNOS. The Morgan fingerprint density at radius 1 is 1.05 bits per heavy atom. The summed E-state index contributed by atoms with van der Waals surface area (Å²) in [5.41, 5.74) is 0. The molecule has 2 aromatic rings. The molecule has 0 aliphatic rings. The molecular weight excluding hydrogens is 278 g/mol. The first-order chi connectivity index (χ1) is 9.34. The SMILES string of the molecule is Clc1ccc(OCCCCSc2ccccn2)cc1. The van der Waals surface area contributed by atoms with Crippen LogP contribution < -0.4 is 4.74 Å². The monoisotopic (exact) mass is 293 g/mol. The summed E-state index contributed by atoms with van der Waals surface area (Å²) in [5, 5.41) is 1.82. The van der Waals surface area contributed by atoms with E-state index in [2.05, 4.69) is 4.98 Å². The van der Waals surface area contributed by atoms with Crippen molar-refractivity contribution in [1.82, 2.24) is 4.98 Å². The summed E-state index contributed by atoms with van der Waals surface area (Å²) in [6.45, 7) is 0.740. The van der Waals surface area contributed by atoms with E-state index in [4.69, 9.17) is 16.3 Å². The second-order valence-corrected chi connectivity index (χ2v) is 5.58. The molecule has 0 amide bonds. The van der Waals surface area contributed by atoms with E-state index in [9.17, 15) is 0 Å². The average molecular weight is 294 g/mol. The van der Waals surface area contributed by atoms with Crippen molar-refractivity contribution in [2.24, 2.45) is 0 Å². The Kier molecular flexibility index (Phi) is 6.05. The van der Waals surface area contributed by atoms with Crippen LogP contribution in [0, 0.1) is 0 Å². The van der Waals surface area contributed by atoms with Gasteiger partial charge in [0.2, 0.25) is 0 Å². The molecule has 19 heavy (non-hydrogen) atoms. The van der Waals surface area contributed by atoms with Crippen molar-refractivity contribution in [2.75, 3.05) is 12.4 Å². The summed E-state index contributed by atoms with van der Waals surface area (Å²) >= 11 is 7.59. The molecule has 1 aromatic heterocycles. The summed E-state index contributed by atoms with van der Waals surface area (Å²) < 4.78 is 5.63. The molecule has 1 aromatic carbocycles. The summed E-state index contributed by atoms with van der Waals surface area (Å²) in [6, 6.07) is 13.5. The highest BCUT2D eigenvalue weighted by Crippen LogP contribution is 2.17. The molecule has 0 unspecified atom stereocenters. The number of nitrogens with zero attached hydrogens (tertiary/aromatic N) is 1. The lowest BCUT2D eigenvalue weighted by atomic mass is 10.3. The van der Waals surface area contributed by atoms with Gasteiger partial charge in [-0.05, 0) is 55.0 Å². The van der Waals surface area contributed by atoms with Crippen LogP contribution >= 0.6 is 23.4 Å². The van der Waals surface area contributed by atoms with Gasteiger partial charge in [0.05, 0.1) is 11.6 Å². The van der Waals surface area contributed by atoms with Gasteiger partial charge in [-0.3, -0.25) is 0 Å². The third-order valence-electron chi connectivity index (χ3n) is 2.51. The number of hydrogen-bond acceptors (Lipinski definition) is 3. The van der Waals surface area contributed by atoms with Gasteiger partial charge in [-0.2, -0.15) is 0 Å². The van der Waals surface area contributed by atoms with Crippen molar-refractivity contribution < 1.29 is 4.74 Å². The minimum absolute atomic E-state index is 0.735. The molecule has 0 saturated carbocycles. The lowest BCUT2D eigenvalue weighted by Crippen LogP contribution is -1.97. The van der Waals surface area contributed by atoms with E-state index in [0.717, 1.165) is 41.0 Å². The minimum atomic E-state index is 0.735. The molecule has 4 heteroatoms. The lowest BCUT2D eigenvalue weighted by molar-refractivity contribution is 0.310. The predicted octanol–water partition coefficient (Wildman–Crippen LogP) is 4.69. The van der Waals surface area contributed by atoms with Crippen LogP contribution in [-0.2, 0) is 0 Å². The molecule has 0 radical (unpaired) electrons. The van der Waals surface area contributed by atoms with E-state index in [-0.39, 0.29) is 0 Å². The van der Waals surface area contributed by atoms with E-state index in [1.807, 2.05) is 48.7 Å². The number of aromatic nitrogens is 1. The maximum absolute atomic E-state index is 5.81. The number of pyridine rings is 1. The molecule has 0 aliphatic heterocycles. The number of unbranched alkanes of at least 4 members (excludes halogenated alkanes) is 1. The first-order valence-electron chi connectivity index (χ1n) is 6.27. The quantitative estimate of drug-likeness (QED) is 0.546.